The van der Waals surface area contributed by atoms with Crippen LogP contribution in [0.1, 0.15) is 53.7 Å². The highest BCUT2D eigenvalue weighted by Gasteiger charge is 2.25. The Labute approximate surface area is 417 Å². The monoisotopic (exact) mass is 1190 g/mol. The maximum absolute atomic E-state index is 12.2. The molecule has 352 valence electrons. The molecule has 0 fully saturated rings. The number of rotatable bonds is 15. The van der Waals surface area contributed by atoms with Crippen molar-refractivity contribution in [1.29, 1.82) is 0 Å². The van der Waals surface area contributed by atoms with Gasteiger partial charge in [0.1, 0.15) is 15.5 Å². The molecule has 1 aliphatic rings. The number of hydrogen-bond donors (Lipinski definition) is 1. The Kier molecular flexibility index (Phi) is 21.2. The second kappa shape index (κ2) is 26.9. The number of hydrogen-bond acceptors (Lipinski definition) is 18. The molecule has 0 unspecified atom stereocenters. The van der Waals surface area contributed by atoms with Crippen molar-refractivity contribution in [1.82, 2.24) is 0 Å². The molecular weight excluding hydrogens is 1160 g/mol. The van der Waals surface area contributed by atoms with Crippen molar-refractivity contribution in [3.63, 3.8) is 0 Å². The number of nitrogens with zero attached hydrogens (tertiary/aromatic N) is 3. The molecule has 19 nitrogen and oxygen atoms in total. The van der Waals surface area contributed by atoms with Crippen LogP contribution in [-0.2, 0) is 14.3 Å². The molecule has 3 heterocycles. The first-order valence-electron chi connectivity index (χ1n) is 19.0. The second-order valence-corrected chi connectivity index (χ2v) is 14.8. The van der Waals surface area contributed by atoms with Gasteiger partial charge in [-0.3, -0.25) is 29.8 Å². The molecule has 0 saturated carbocycles. The predicted octanol–water partition coefficient (Wildman–Crippen LogP) is 10.6. The summed E-state index contributed by atoms with van der Waals surface area (Å²) >= 11 is 6.84. The number of carbonyl (C=O) groups is 5. The summed E-state index contributed by atoms with van der Waals surface area (Å²) in [5.41, 5.74) is 1.14. The van der Waals surface area contributed by atoms with Gasteiger partial charge in [-0.25, -0.2) is 19.4 Å². The molecule has 0 radical (unpaired) electrons. The number of non-ortho nitro benzene ring substituents is 2. The van der Waals surface area contributed by atoms with Crippen LogP contribution in [-0.4, -0.2) is 71.8 Å². The lowest BCUT2D eigenvalue weighted by Gasteiger charge is -2.09. The van der Waals surface area contributed by atoms with Gasteiger partial charge in [0.15, 0.2) is 34.5 Å². The Morgan fingerprint density at radius 1 is 0.691 bits per heavy atom. The van der Waals surface area contributed by atoms with Gasteiger partial charge in [-0.15, -0.1) is 22.7 Å². The van der Waals surface area contributed by atoms with Crippen molar-refractivity contribution < 1.29 is 67.3 Å². The number of carbonyl (C=O) groups excluding carboxylic acids is 4. The number of Topliss-reactive ketones (excluding diaryl/α,β-unsaturated/α-hetero) is 1. The molecule has 0 bridgehead atoms. The third-order valence-corrected chi connectivity index (χ3v) is 10.3. The van der Waals surface area contributed by atoms with Crippen molar-refractivity contribution in [2.75, 3.05) is 21.3 Å². The lowest BCUT2D eigenvalue weighted by molar-refractivity contribution is -0.385. The lowest BCUT2D eigenvalue weighted by Crippen LogP contribution is -2.07. The van der Waals surface area contributed by atoms with Crippen LogP contribution < -0.4 is 23.7 Å². The van der Waals surface area contributed by atoms with E-state index in [1.165, 1.54) is 91.5 Å². The number of benzene rings is 4. The van der Waals surface area contributed by atoms with Crippen LogP contribution >= 0.6 is 59.9 Å². The van der Waals surface area contributed by atoms with Crippen molar-refractivity contribution >= 4 is 113 Å². The minimum atomic E-state index is -1.05. The summed E-state index contributed by atoms with van der Waals surface area (Å²) in [6.07, 6.45) is 1.15. The number of thiophene rings is 2. The van der Waals surface area contributed by atoms with E-state index in [1.807, 2.05) is 5.38 Å². The standard InChI is InChI=1S/C22H14N2O7S.C13H12O4S.C10H9NO5.I2/c1-29-18-12-13(4-9-17(18)30-22(26)19-3-2-10-32-19)11-16-21(25)31-20(23-16)14-5-7-15(8-6-14)24(27)28;1-15-9-5-6-10(11(8-9)16-2)17-13(14)12-4-3-7-18-12;12-9(5-6-10(13)14)7-1-3-8(4-2-7)11(15)16;1-2/h2-12H,1H3;3-8H,1-2H3;1-4H,5-6H2,(H,13,14);/b16-11+;;;. The number of nitro benzene ring substituents is 2. The first-order chi connectivity index (χ1) is 32.7. The highest BCUT2D eigenvalue weighted by molar-refractivity contribution is 15.0. The Bertz CT molecular complexity index is 2800. The number of aliphatic carboxylic acids is 1. The third kappa shape index (κ3) is 15.8. The van der Waals surface area contributed by atoms with Crippen molar-refractivity contribution in [2.24, 2.45) is 4.99 Å². The number of halogens is 2. The Balaban J connectivity index is 0.000000238. The van der Waals surface area contributed by atoms with Crippen LogP contribution in [0.5, 0.6) is 28.7 Å². The van der Waals surface area contributed by atoms with Crippen LogP contribution in [0.25, 0.3) is 6.08 Å². The van der Waals surface area contributed by atoms with Crippen molar-refractivity contribution in [3.05, 3.63) is 172 Å². The average molecular weight is 1190 g/mol. The zero-order valence-electron chi connectivity index (χ0n) is 35.5. The summed E-state index contributed by atoms with van der Waals surface area (Å²) in [5.74, 6) is -0.886. The molecule has 0 aliphatic carbocycles. The number of ketones is 1. The van der Waals surface area contributed by atoms with Gasteiger partial charge in [0.25, 0.3) is 11.4 Å². The summed E-state index contributed by atoms with van der Waals surface area (Å²) in [6.45, 7) is 0. The van der Waals surface area contributed by atoms with Crippen LogP contribution in [0, 0.1) is 20.2 Å². The fraction of sp³-hybridized carbons (Fsp3) is 0.111. The maximum atomic E-state index is 12.2. The van der Waals surface area contributed by atoms with Gasteiger partial charge in [-0.1, -0.05) is 18.2 Å². The summed E-state index contributed by atoms with van der Waals surface area (Å²) in [4.78, 5) is 83.1. The quantitative estimate of drug-likeness (QED) is 0.0191. The molecule has 0 saturated heterocycles. The van der Waals surface area contributed by atoms with E-state index in [2.05, 4.69) is 42.2 Å². The van der Waals surface area contributed by atoms with E-state index in [9.17, 15) is 44.2 Å². The molecule has 68 heavy (non-hydrogen) atoms. The summed E-state index contributed by atoms with van der Waals surface area (Å²) in [5, 5.41) is 33.1. The fourth-order valence-corrected chi connectivity index (χ4v) is 6.55. The SMILES string of the molecule is COc1cc(/C=C2/N=C(c3ccc([N+](=O)[O-])cc3)OC2=O)ccc1OC(=O)c1cccs1.COc1ccc(OC(=O)c2cccs2)c(OC)c1.II.O=C(O)CCC(=O)c1ccc([N+](=O)[O-])cc1. The predicted molar refractivity (Wildman–Crippen MR) is 267 cm³/mol. The molecule has 6 aromatic rings. The first kappa shape index (κ1) is 53.5. The number of methoxy groups -OCH3 is 3. The van der Waals surface area contributed by atoms with Gasteiger partial charge in [0.2, 0.25) is 5.90 Å². The van der Waals surface area contributed by atoms with Gasteiger partial charge >= 0.3 is 23.9 Å². The van der Waals surface area contributed by atoms with Gasteiger partial charge in [-0.2, -0.15) is 0 Å². The molecule has 1 N–H and O–H groups in total. The van der Waals surface area contributed by atoms with Crippen LogP contribution in [0.15, 0.2) is 131 Å². The molecule has 0 spiro atoms. The summed E-state index contributed by atoms with van der Waals surface area (Å²) in [7, 11) is 4.51. The van der Waals surface area contributed by atoms with Crippen molar-refractivity contribution in [2.45, 2.75) is 12.8 Å². The summed E-state index contributed by atoms with van der Waals surface area (Å²) < 4.78 is 31.4. The number of carboxylic acid groups (broad SMARTS) is 1. The minimum Gasteiger partial charge on any atom is -0.497 e. The normalized spacial score (nSPS) is 11.6. The van der Waals surface area contributed by atoms with Gasteiger partial charge in [0, 0.05) is 85.1 Å². The van der Waals surface area contributed by atoms with Gasteiger partial charge in [-0.05, 0) is 83.1 Å². The largest absolute Gasteiger partial charge is 0.497 e. The van der Waals surface area contributed by atoms with E-state index in [4.69, 9.17) is 33.5 Å². The molecule has 23 heteroatoms. The van der Waals surface area contributed by atoms with Crippen LogP contribution in [0.3, 0.4) is 0 Å². The minimum absolute atomic E-state index is 0.0451. The lowest BCUT2D eigenvalue weighted by atomic mass is 10.1. The van der Waals surface area contributed by atoms with E-state index >= 15 is 0 Å². The number of cyclic esters (lactones) is 1. The van der Waals surface area contributed by atoms with Crippen molar-refractivity contribution in [3.8, 4) is 28.7 Å². The first-order valence-corrected chi connectivity index (χ1v) is 27.1. The topological polar surface area (TPSA) is 260 Å². The number of ether oxygens (including phenoxy) is 6. The van der Waals surface area contributed by atoms with E-state index in [0.29, 0.717) is 43.9 Å². The maximum Gasteiger partial charge on any atom is 0.363 e. The van der Waals surface area contributed by atoms with Gasteiger partial charge in [0.05, 0.1) is 37.6 Å². The van der Waals surface area contributed by atoms with E-state index in [-0.39, 0.29) is 52.9 Å². The number of esters is 3. The molecule has 7 rings (SSSR count). The van der Waals surface area contributed by atoms with E-state index in [1.54, 1.807) is 73.2 Å². The highest BCUT2D eigenvalue weighted by atomic mass is 128. The molecule has 4 aromatic carbocycles. The molecule has 1 aliphatic heterocycles. The molecular formula is C45H35I2N3O16S2. The summed E-state index contributed by atoms with van der Waals surface area (Å²) in [6, 6.07) is 27.3. The van der Waals surface area contributed by atoms with E-state index < -0.39 is 33.7 Å². The molecule has 0 amide bonds. The van der Waals surface area contributed by atoms with E-state index in [0.717, 1.165) is 0 Å². The molecule has 0 atom stereocenters. The Hall–Kier alpha value is -7.10. The average Bonchev–Trinajstić information content (AvgIpc) is 4.17. The third-order valence-electron chi connectivity index (χ3n) is 8.62. The smallest absolute Gasteiger partial charge is 0.363 e. The van der Waals surface area contributed by atoms with Crippen LogP contribution in [0.2, 0.25) is 0 Å². The second-order valence-electron chi connectivity index (χ2n) is 12.9. The Morgan fingerprint density at radius 2 is 1.21 bits per heavy atom. The zero-order chi connectivity index (χ0) is 49.8. The molecule has 2 aromatic heterocycles. The number of nitro groups is 2. The zero-order valence-corrected chi connectivity index (χ0v) is 41.5. The fourth-order valence-electron chi connectivity index (χ4n) is 5.36. The van der Waals surface area contributed by atoms with Gasteiger partial charge < -0.3 is 33.5 Å². The number of aliphatic imine (C=N–C) groups is 1. The highest BCUT2D eigenvalue weighted by Crippen LogP contribution is 2.33. The Morgan fingerprint density at radius 3 is 1.68 bits per heavy atom. The number of carboxylic acids is 1. The van der Waals surface area contributed by atoms with Crippen LogP contribution in [0.4, 0.5) is 11.4 Å².